The number of aromatic nitrogens is 2. The van der Waals surface area contributed by atoms with Crippen molar-refractivity contribution in [2.75, 3.05) is 25.0 Å². The molecule has 0 aromatic carbocycles. The highest BCUT2D eigenvalue weighted by atomic mass is 16.6. The second kappa shape index (κ2) is 4.56. The van der Waals surface area contributed by atoms with Crippen LogP contribution in [0.1, 0.15) is 19.8 Å². The lowest BCUT2D eigenvalue weighted by molar-refractivity contribution is -0.388. The molecule has 0 unspecified atom stereocenters. The molecular formula is C11H19N5O2. The highest BCUT2D eigenvalue weighted by molar-refractivity contribution is 5.55. The van der Waals surface area contributed by atoms with Crippen LogP contribution in [0.2, 0.25) is 0 Å². The van der Waals surface area contributed by atoms with Gasteiger partial charge in [0.2, 0.25) is 12.1 Å². The van der Waals surface area contributed by atoms with Gasteiger partial charge in [0.1, 0.15) is 0 Å². The minimum Gasteiger partial charge on any atom is -0.358 e. The molecule has 2 rings (SSSR count). The molecule has 0 atom stereocenters. The Morgan fingerprint density at radius 2 is 2.11 bits per heavy atom. The van der Waals surface area contributed by atoms with Crippen molar-refractivity contribution in [1.29, 1.82) is 0 Å². The summed E-state index contributed by atoms with van der Waals surface area (Å²) in [6.07, 6.45) is 3.43. The minimum atomic E-state index is -0.415. The summed E-state index contributed by atoms with van der Waals surface area (Å²) in [6.45, 7) is 3.79. The molecule has 1 N–H and O–H groups in total. The molecule has 1 aromatic heterocycles. The Labute approximate surface area is 106 Å². The highest BCUT2D eigenvalue weighted by Gasteiger charge is 2.33. The lowest BCUT2D eigenvalue weighted by Crippen LogP contribution is -2.50. The van der Waals surface area contributed by atoms with Crippen LogP contribution in [0.3, 0.4) is 0 Å². The van der Waals surface area contributed by atoms with Crippen LogP contribution >= 0.6 is 0 Å². The smallest absolute Gasteiger partial charge is 0.358 e. The van der Waals surface area contributed by atoms with Gasteiger partial charge in [-0.05, 0) is 36.7 Å². The molecule has 100 valence electrons. The van der Waals surface area contributed by atoms with Gasteiger partial charge in [-0.25, -0.2) is 0 Å². The Hall–Kier alpha value is -1.63. The third-order valence-electron chi connectivity index (χ3n) is 3.83. The van der Waals surface area contributed by atoms with E-state index in [1.165, 1.54) is 6.33 Å². The molecule has 1 aromatic rings. The molecule has 0 bridgehead atoms. The number of piperidine rings is 1. The molecule has 0 saturated carbocycles. The van der Waals surface area contributed by atoms with Crippen molar-refractivity contribution in [3.8, 4) is 0 Å². The molecule has 1 saturated heterocycles. The van der Waals surface area contributed by atoms with Crippen LogP contribution in [0.5, 0.6) is 0 Å². The van der Waals surface area contributed by atoms with Crippen LogP contribution in [0.4, 0.5) is 11.6 Å². The largest absolute Gasteiger partial charge is 0.406 e. The summed E-state index contributed by atoms with van der Waals surface area (Å²) in [5, 5.41) is 14.3. The number of hydrogen-bond acceptors (Lipinski definition) is 5. The van der Waals surface area contributed by atoms with Gasteiger partial charge < -0.3 is 20.3 Å². The van der Waals surface area contributed by atoms with E-state index in [0.717, 1.165) is 25.9 Å². The molecule has 1 aliphatic rings. The Morgan fingerprint density at radius 3 is 2.61 bits per heavy atom. The summed E-state index contributed by atoms with van der Waals surface area (Å²) >= 11 is 0. The molecule has 18 heavy (non-hydrogen) atoms. The maximum atomic E-state index is 11.0. The SMILES string of the molecule is CNC1(C)CCN(c2c([N+](=O)[O-])ncn2C)CC1. The molecule has 7 heteroatoms. The van der Waals surface area contributed by atoms with Gasteiger partial charge in [0.25, 0.3) is 0 Å². The maximum Gasteiger partial charge on any atom is 0.406 e. The van der Waals surface area contributed by atoms with E-state index in [4.69, 9.17) is 0 Å². The van der Waals surface area contributed by atoms with E-state index in [0.29, 0.717) is 5.82 Å². The van der Waals surface area contributed by atoms with Crippen LogP contribution in [0, 0.1) is 10.1 Å². The van der Waals surface area contributed by atoms with Gasteiger partial charge in [-0.15, -0.1) is 0 Å². The van der Waals surface area contributed by atoms with E-state index >= 15 is 0 Å². The Balaban J connectivity index is 2.19. The van der Waals surface area contributed by atoms with Gasteiger partial charge in [0.15, 0.2) is 0 Å². The molecule has 0 spiro atoms. The first kappa shape index (κ1) is 12.8. The topological polar surface area (TPSA) is 76.2 Å². The molecule has 0 radical (unpaired) electrons. The second-order valence-electron chi connectivity index (χ2n) is 5.06. The standard InChI is InChI=1S/C11H19N5O2/c1-11(12-2)4-6-15(7-5-11)10-9(16(17)18)13-8-14(10)3/h8,12H,4-7H2,1-3H3. The zero-order valence-corrected chi connectivity index (χ0v) is 11.0. The fraction of sp³-hybridized carbons (Fsp3) is 0.727. The number of nitrogens with zero attached hydrogens (tertiary/aromatic N) is 4. The summed E-state index contributed by atoms with van der Waals surface area (Å²) in [6, 6.07) is 0. The molecule has 0 amide bonds. The van der Waals surface area contributed by atoms with E-state index in [1.807, 2.05) is 11.9 Å². The van der Waals surface area contributed by atoms with Gasteiger partial charge in [0, 0.05) is 25.7 Å². The monoisotopic (exact) mass is 253 g/mol. The van der Waals surface area contributed by atoms with E-state index in [9.17, 15) is 10.1 Å². The number of nitro groups is 1. The lowest BCUT2D eigenvalue weighted by Gasteiger charge is -2.39. The molecular weight excluding hydrogens is 234 g/mol. The Bertz CT molecular complexity index is 448. The van der Waals surface area contributed by atoms with E-state index in [1.54, 1.807) is 11.6 Å². The summed E-state index contributed by atoms with van der Waals surface area (Å²) in [5.74, 6) is 0.559. The lowest BCUT2D eigenvalue weighted by atomic mass is 9.90. The highest BCUT2D eigenvalue weighted by Crippen LogP contribution is 2.30. The van der Waals surface area contributed by atoms with Crippen molar-refractivity contribution in [1.82, 2.24) is 14.9 Å². The molecule has 7 nitrogen and oxygen atoms in total. The number of rotatable bonds is 3. The van der Waals surface area contributed by atoms with Crippen LogP contribution in [-0.4, -0.2) is 40.2 Å². The van der Waals surface area contributed by atoms with Crippen molar-refractivity contribution in [2.45, 2.75) is 25.3 Å². The first-order chi connectivity index (χ1) is 8.47. The number of aryl methyl sites for hydroxylation is 1. The summed E-state index contributed by atoms with van der Waals surface area (Å²) in [7, 11) is 3.75. The summed E-state index contributed by atoms with van der Waals surface area (Å²) < 4.78 is 1.72. The second-order valence-corrected chi connectivity index (χ2v) is 5.06. The Kier molecular flexibility index (Phi) is 3.25. The number of imidazole rings is 1. The van der Waals surface area contributed by atoms with Crippen LogP contribution in [0.25, 0.3) is 0 Å². The van der Waals surface area contributed by atoms with E-state index < -0.39 is 4.92 Å². The molecule has 1 aliphatic heterocycles. The zero-order valence-electron chi connectivity index (χ0n) is 11.0. The third kappa shape index (κ3) is 2.17. The van der Waals surface area contributed by atoms with Gasteiger partial charge in [-0.2, -0.15) is 0 Å². The Morgan fingerprint density at radius 1 is 1.50 bits per heavy atom. The van der Waals surface area contributed by atoms with Crippen molar-refractivity contribution in [3.05, 3.63) is 16.4 Å². The zero-order chi connectivity index (χ0) is 13.3. The van der Waals surface area contributed by atoms with E-state index in [-0.39, 0.29) is 11.4 Å². The van der Waals surface area contributed by atoms with E-state index in [2.05, 4.69) is 17.2 Å². The van der Waals surface area contributed by atoms with Crippen molar-refractivity contribution < 1.29 is 4.92 Å². The van der Waals surface area contributed by atoms with Gasteiger partial charge in [-0.1, -0.05) is 0 Å². The quantitative estimate of drug-likeness (QED) is 0.640. The predicted octanol–water partition coefficient (Wildman–Crippen LogP) is 0.907. The summed E-state index contributed by atoms with van der Waals surface area (Å²) in [4.78, 5) is 16.4. The number of anilines is 1. The molecule has 2 heterocycles. The average molecular weight is 253 g/mol. The van der Waals surface area contributed by atoms with Gasteiger partial charge in [-0.3, -0.25) is 4.57 Å². The van der Waals surface area contributed by atoms with Crippen LogP contribution in [0.15, 0.2) is 6.33 Å². The minimum absolute atomic E-state index is 0.0504. The first-order valence-electron chi connectivity index (χ1n) is 6.06. The predicted molar refractivity (Wildman–Crippen MR) is 68.8 cm³/mol. The van der Waals surface area contributed by atoms with Crippen molar-refractivity contribution in [2.24, 2.45) is 7.05 Å². The van der Waals surface area contributed by atoms with Gasteiger partial charge >= 0.3 is 5.82 Å². The average Bonchev–Trinajstić information content (AvgIpc) is 2.73. The fourth-order valence-corrected chi connectivity index (χ4v) is 2.37. The van der Waals surface area contributed by atoms with Gasteiger partial charge in [0.05, 0.1) is 0 Å². The molecule has 0 aliphatic carbocycles. The third-order valence-corrected chi connectivity index (χ3v) is 3.83. The van der Waals surface area contributed by atoms with Crippen molar-refractivity contribution >= 4 is 11.6 Å². The van der Waals surface area contributed by atoms with Crippen LogP contribution < -0.4 is 10.2 Å². The first-order valence-corrected chi connectivity index (χ1v) is 6.06. The normalized spacial score (nSPS) is 18.9. The number of hydrogen-bond donors (Lipinski definition) is 1. The molecule has 1 fully saturated rings. The van der Waals surface area contributed by atoms with Crippen LogP contribution in [-0.2, 0) is 7.05 Å². The number of nitrogens with one attached hydrogen (secondary N) is 1. The summed E-state index contributed by atoms with van der Waals surface area (Å²) in [5.41, 5.74) is 0.129. The fourth-order valence-electron chi connectivity index (χ4n) is 2.37. The van der Waals surface area contributed by atoms with Crippen molar-refractivity contribution in [3.63, 3.8) is 0 Å². The maximum absolute atomic E-state index is 11.0.